The Bertz CT molecular complexity index is 708. The maximum Gasteiger partial charge on any atom is 0.178 e. The second-order valence-electron chi connectivity index (χ2n) is 5.52. The largest absolute Gasteiger partial charge is 0.309 e. The van der Waals surface area contributed by atoms with Crippen LogP contribution in [-0.4, -0.2) is 20.7 Å². The molecule has 2 aromatic rings. The minimum atomic E-state index is -3.09. The Balaban J connectivity index is 1.75. The minimum Gasteiger partial charge on any atom is -0.309 e. The Labute approximate surface area is 129 Å². The van der Waals surface area contributed by atoms with Gasteiger partial charge < -0.3 is 5.32 Å². The summed E-state index contributed by atoms with van der Waals surface area (Å²) < 4.78 is 24.2. The first-order valence-electron chi connectivity index (χ1n) is 7.16. The highest BCUT2D eigenvalue weighted by atomic mass is 32.2. The molecule has 3 nitrogen and oxygen atoms in total. The van der Waals surface area contributed by atoms with Gasteiger partial charge in [0.25, 0.3) is 0 Å². The fraction of sp³-hybridized carbons (Fsp3) is 0.375. The Kier molecular flexibility index (Phi) is 4.15. The van der Waals surface area contributed by atoms with E-state index in [4.69, 9.17) is 0 Å². The van der Waals surface area contributed by atoms with E-state index in [1.807, 2.05) is 12.1 Å². The van der Waals surface area contributed by atoms with Crippen LogP contribution in [0.15, 0.2) is 46.7 Å². The van der Waals surface area contributed by atoms with Crippen molar-refractivity contribution in [2.24, 2.45) is 0 Å². The molecule has 0 amide bonds. The number of nitrogens with one attached hydrogen (secondary N) is 1. The molecule has 1 N–H and O–H groups in total. The van der Waals surface area contributed by atoms with Crippen LogP contribution in [0.4, 0.5) is 0 Å². The summed E-state index contributed by atoms with van der Waals surface area (Å²) in [6.07, 6.45) is 0.649. The second-order valence-corrected chi connectivity index (χ2v) is 8.58. The number of sulfone groups is 1. The predicted octanol–water partition coefficient (Wildman–Crippen LogP) is 3.36. The van der Waals surface area contributed by atoms with Crippen molar-refractivity contribution in [3.8, 4) is 0 Å². The molecule has 2 atom stereocenters. The van der Waals surface area contributed by atoms with Gasteiger partial charge in [-0.15, -0.1) is 11.3 Å². The number of thiophene rings is 1. The van der Waals surface area contributed by atoms with Crippen LogP contribution in [0.1, 0.15) is 35.7 Å². The van der Waals surface area contributed by atoms with Gasteiger partial charge in [0.1, 0.15) is 0 Å². The quantitative estimate of drug-likeness (QED) is 0.939. The molecule has 1 aromatic heterocycles. The Morgan fingerprint density at radius 1 is 1.29 bits per heavy atom. The van der Waals surface area contributed by atoms with E-state index in [2.05, 4.69) is 29.8 Å². The number of benzene rings is 1. The molecule has 3 rings (SSSR count). The van der Waals surface area contributed by atoms with Crippen LogP contribution in [0.2, 0.25) is 0 Å². The highest BCUT2D eigenvalue weighted by Gasteiger charge is 2.29. The van der Waals surface area contributed by atoms with Crippen molar-refractivity contribution in [1.29, 1.82) is 0 Å². The third-order valence-electron chi connectivity index (χ3n) is 4.00. The summed E-state index contributed by atoms with van der Waals surface area (Å²) in [6, 6.07) is 11.7. The van der Waals surface area contributed by atoms with E-state index in [1.54, 1.807) is 23.5 Å². The molecule has 1 aliphatic rings. The van der Waals surface area contributed by atoms with Crippen LogP contribution in [0, 0.1) is 0 Å². The molecule has 0 bridgehead atoms. The molecule has 0 aliphatic carbocycles. The average molecular weight is 321 g/mol. The maximum atomic E-state index is 12.1. The first-order chi connectivity index (χ1) is 10.1. The van der Waals surface area contributed by atoms with Gasteiger partial charge in [-0.25, -0.2) is 8.42 Å². The van der Waals surface area contributed by atoms with Gasteiger partial charge in [-0.3, -0.25) is 0 Å². The molecule has 0 radical (unpaired) electrons. The van der Waals surface area contributed by atoms with Crippen molar-refractivity contribution in [2.45, 2.75) is 30.2 Å². The van der Waals surface area contributed by atoms with E-state index in [9.17, 15) is 8.42 Å². The Hall–Kier alpha value is -1.17. The van der Waals surface area contributed by atoms with Gasteiger partial charge in [-0.1, -0.05) is 31.2 Å². The first kappa shape index (κ1) is 14.8. The predicted molar refractivity (Wildman–Crippen MR) is 86.6 cm³/mol. The fourth-order valence-electron chi connectivity index (χ4n) is 2.79. The molecular formula is C16H19NO2S2. The monoisotopic (exact) mass is 321 g/mol. The lowest BCUT2D eigenvalue weighted by Gasteiger charge is -2.27. The molecule has 2 heterocycles. The molecule has 1 aliphatic heterocycles. The van der Waals surface area contributed by atoms with Crippen LogP contribution in [0.25, 0.3) is 0 Å². The minimum absolute atomic E-state index is 0.132. The van der Waals surface area contributed by atoms with Crippen LogP contribution >= 0.6 is 11.3 Å². The highest BCUT2D eigenvalue weighted by molar-refractivity contribution is 7.91. The summed E-state index contributed by atoms with van der Waals surface area (Å²) in [5.41, 5.74) is 0.919. The average Bonchev–Trinajstić information content (AvgIpc) is 3.01. The van der Waals surface area contributed by atoms with Crippen LogP contribution in [0.5, 0.6) is 0 Å². The molecule has 0 unspecified atom stereocenters. The van der Waals surface area contributed by atoms with Crippen molar-refractivity contribution >= 4 is 21.2 Å². The van der Waals surface area contributed by atoms with Crippen molar-refractivity contribution in [3.63, 3.8) is 0 Å². The zero-order valence-electron chi connectivity index (χ0n) is 12.0. The van der Waals surface area contributed by atoms with Crippen molar-refractivity contribution < 1.29 is 8.42 Å². The molecule has 21 heavy (non-hydrogen) atoms. The Morgan fingerprint density at radius 2 is 2.10 bits per heavy atom. The summed E-state index contributed by atoms with van der Waals surface area (Å²) in [6.45, 7) is 3.06. The second kappa shape index (κ2) is 5.91. The smallest absolute Gasteiger partial charge is 0.178 e. The summed E-state index contributed by atoms with van der Waals surface area (Å²) in [5, 5.41) is 5.64. The molecule has 0 saturated heterocycles. The van der Waals surface area contributed by atoms with Gasteiger partial charge in [0.2, 0.25) is 0 Å². The molecule has 112 valence electrons. The zero-order chi connectivity index (χ0) is 14.9. The summed E-state index contributed by atoms with van der Waals surface area (Å²) in [5.74, 6) is 0.672. The number of rotatable bonds is 4. The third-order valence-corrected chi connectivity index (χ3v) is 6.92. The maximum absolute atomic E-state index is 12.1. The molecular weight excluding hydrogens is 302 g/mol. The topological polar surface area (TPSA) is 46.2 Å². The standard InChI is InChI=1S/C16H19NO2S2/c1-12(15-6-4-9-20-15)11-17-14-8-10-21(18,19)16-7-3-2-5-13(14)16/h2-7,9,12,14,17H,8,10-11H2,1H3/t12-,14+/m1/s1. The van der Waals surface area contributed by atoms with Crippen LogP contribution in [-0.2, 0) is 9.84 Å². The van der Waals surface area contributed by atoms with E-state index in [-0.39, 0.29) is 11.8 Å². The van der Waals surface area contributed by atoms with E-state index in [0.717, 1.165) is 12.1 Å². The summed E-state index contributed by atoms with van der Waals surface area (Å²) in [7, 11) is -3.09. The highest BCUT2D eigenvalue weighted by Crippen LogP contribution is 2.32. The van der Waals surface area contributed by atoms with E-state index in [0.29, 0.717) is 17.2 Å². The van der Waals surface area contributed by atoms with Gasteiger partial charge in [-0.05, 0) is 29.5 Å². The lowest BCUT2D eigenvalue weighted by Crippen LogP contribution is -2.31. The lowest BCUT2D eigenvalue weighted by atomic mass is 10.0. The SMILES string of the molecule is C[C@H](CN[C@H]1CCS(=O)(=O)c2ccccc21)c1cccs1. The first-order valence-corrected chi connectivity index (χ1v) is 9.69. The Morgan fingerprint density at radius 3 is 2.86 bits per heavy atom. The molecule has 0 saturated carbocycles. The number of hydrogen-bond acceptors (Lipinski definition) is 4. The van der Waals surface area contributed by atoms with E-state index >= 15 is 0 Å². The van der Waals surface area contributed by atoms with Crippen LogP contribution in [0.3, 0.4) is 0 Å². The van der Waals surface area contributed by atoms with E-state index < -0.39 is 9.84 Å². The van der Waals surface area contributed by atoms with Gasteiger partial charge in [0, 0.05) is 23.4 Å². The zero-order valence-corrected chi connectivity index (χ0v) is 13.6. The van der Waals surface area contributed by atoms with Crippen molar-refractivity contribution in [2.75, 3.05) is 12.3 Å². The molecule has 0 fully saturated rings. The van der Waals surface area contributed by atoms with Crippen LogP contribution < -0.4 is 5.32 Å². The molecule has 0 spiro atoms. The van der Waals surface area contributed by atoms with Gasteiger partial charge in [0.15, 0.2) is 9.84 Å². The molecule has 5 heteroatoms. The van der Waals surface area contributed by atoms with Gasteiger partial charge >= 0.3 is 0 Å². The third kappa shape index (κ3) is 3.05. The van der Waals surface area contributed by atoms with Crippen molar-refractivity contribution in [3.05, 3.63) is 52.2 Å². The number of fused-ring (bicyclic) bond motifs is 1. The van der Waals surface area contributed by atoms with E-state index in [1.165, 1.54) is 4.88 Å². The lowest BCUT2D eigenvalue weighted by molar-refractivity contribution is 0.476. The normalized spacial score (nSPS) is 21.7. The number of hydrogen-bond donors (Lipinski definition) is 1. The summed E-state index contributed by atoms with van der Waals surface area (Å²) >= 11 is 1.77. The fourth-order valence-corrected chi connectivity index (χ4v) is 5.20. The summed E-state index contributed by atoms with van der Waals surface area (Å²) in [4.78, 5) is 1.86. The van der Waals surface area contributed by atoms with Crippen molar-refractivity contribution in [1.82, 2.24) is 5.32 Å². The molecule has 1 aromatic carbocycles. The van der Waals surface area contributed by atoms with Gasteiger partial charge in [0.05, 0.1) is 10.6 Å². The van der Waals surface area contributed by atoms with Gasteiger partial charge in [-0.2, -0.15) is 0 Å².